The number of rotatable bonds is 4. The third-order valence-corrected chi connectivity index (χ3v) is 2.83. The average Bonchev–Trinajstić information content (AvgIpc) is 2.84. The standard InChI is InChI=1S/C14H15FN2O3/c1-9-6-12(16-20-9)14(18)17(2)8-10-4-5-13(19-3)11(15)7-10/h4-7H,8H2,1-3H3. The maximum absolute atomic E-state index is 13.6. The lowest BCUT2D eigenvalue weighted by molar-refractivity contribution is 0.0774. The number of nitrogens with zero attached hydrogens (tertiary/aromatic N) is 2. The third kappa shape index (κ3) is 2.96. The maximum atomic E-state index is 13.6. The number of aryl methyl sites for hydroxylation is 1. The summed E-state index contributed by atoms with van der Waals surface area (Å²) in [6, 6.07) is 6.15. The largest absolute Gasteiger partial charge is 0.494 e. The average molecular weight is 278 g/mol. The Labute approximate surface area is 115 Å². The Hall–Kier alpha value is -2.37. The van der Waals surface area contributed by atoms with E-state index in [0.29, 0.717) is 11.3 Å². The lowest BCUT2D eigenvalue weighted by atomic mass is 10.2. The molecule has 2 rings (SSSR count). The number of ether oxygens (including phenoxy) is 1. The van der Waals surface area contributed by atoms with Crippen LogP contribution >= 0.6 is 0 Å². The molecule has 1 amide bonds. The second kappa shape index (κ2) is 5.73. The molecule has 0 atom stereocenters. The van der Waals surface area contributed by atoms with E-state index in [9.17, 15) is 9.18 Å². The van der Waals surface area contributed by atoms with Gasteiger partial charge in [-0.25, -0.2) is 4.39 Å². The monoisotopic (exact) mass is 278 g/mol. The molecule has 0 radical (unpaired) electrons. The Morgan fingerprint density at radius 1 is 1.45 bits per heavy atom. The van der Waals surface area contributed by atoms with Gasteiger partial charge in [-0.1, -0.05) is 11.2 Å². The molecular formula is C14H15FN2O3. The molecule has 0 spiro atoms. The minimum atomic E-state index is -0.455. The van der Waals surface area contributed by atoms with Crippen molar-refractivity contribution in [2.75, 3.05) is 14.2 Å². The normalized spacial score (nSPS) is 10.4. The Balaban J connectivity index is 2.09. The number of hydrogen-bond acceptors (Lipinski definition) is 4. The molecule has 1 aromatic carbocycles. The van der Waals surface area contributed by atoms with Gasteiger partial charge in [0, 0.05) is 19.7 Å². The fourth-order valence-corrected chi connectivity index (χ4v) is 1.82. The number of halogens is 1. The van der Waals surface area contributed by atoms with Gasteiger partial charge in [0.15, 0.2) is 17.3 Å². The summed E-state index contributed by atoms with van der Waals surface area (Å²) < 4.78 is 23.3. The van der Waals surface area contributed by atoms with Crippen LogP contribution in [0.25, 0.3) is 0 Å². The van der Waals surface area contributed by atoms with Gasteiger partial charge in [-0.05, 0) is 24.6 Å². The Morgan fingerprint density at radius 3 is 2.75 bits per heavy atom. The van der Waals surface area contributed by atoms with E-state index in [1.807, 2.05) is 0 Å². The molecule has 20 heavy (non-hydrogen) atoms. The highest BCUT2D eigenvalue weighted by atomic mass is 19.1. The Kier molecular flexibility index (Phi) is 4.02. The molecular weight excluding hydrogens is 263 g/mol. The van der Waals surface area contributed by atoms with E-state index in [0.717, 1.165) is 0 Å². The van der Waals surface area contributed by atoms with Gasteiger partial charge in [0.05, 0.1) is 7.11 Å². The molecule has 0 saturated heterocycles. The molecule has 6 heteroatoms. The van der Waals surface area contributed by atoms with Crippen LogP contribution in [0.4, 0.5) is 4.39 Å². The molecule has 0 aliphatic carbocycles. The Bertz CT molecular complexity index is 625. The maximum Gasteiger partial charge on any atom is 0.276 e. The number of methoxy groups -OCH3 is 1. The zero-order chi connectivity index (χ0) is 14.7. The number of carbonyl (C=O) groups excluding carboxylic acids is 1. The van der Waals surface area contributed by atoms with Crippen molar-refractivity contribution in [1.29, 1.82) is 0 Å². The highest BCUT2D eigenvalue weighted by Crippen LogP contribution is 2.18. The lowest BCUT2D eigenvalue weighted by Gasteiger charge is -2.16. The number of hydrogen-bond donors (Lipinski definition) is 0. The summed E-state index contributed by atoms with van der Waals surface area (Å²) in [6.45, 7) is 1.98. The van der Waals surface area contributed by atoms with Crippen LogP contribution in [-0.4, -0.2) is 30.1 Å². The van der Waals surface area contributed by atoms with Crippen LogP contribution in [-0.2, 0) is 6.54 Å². The van der Waals surface area contributed by atoms with Crippen molar-refractivity contribution in [2.24, 2.45) is 0 Å². The summed E-state index contributed by atoms with van der Waals surface area (Å²) in [5, 5.41) is 3.66. The molecule has 2 aromatic rings. The van der Waals surface area contributed by atoms with Crippen LogP contribution in [0.3, 0.4) is 0 Å². The summed E-state index contributed by atoms with van der Waals surface area (Å²) >= 11 is 0. The fraction of sp³-hybridized carbons (Fsp3) is 0.286. The van der Waals surface area contributed by atoms with Gasteiger partial charge in [0.25, 0.3) is 5.91 Å². The highest BCUT2D eigenvalue weighted by Gasteiger charge is 2.16. The molecule has 1 aromatic heterocycles. The van der Waals surface area contributed by atoms with Crippen molar-refractivity contribution in [3.63, 3.8) is 0 Å². The van der Waals surface area contributed by atoms with Gasteiger partial charge in [0.2, 0.25) is 0 Å². The van der Waals surface area contributed by atoms with Gasteiger partial charge in [-0.15, -0.1) is 0 Å². The number of aromatic nitrogens is 1. The second-order valence-corrected chi connectivity index (χ2v) is 4.45. The molecule has 5 nitrogen and oxygen atoms in total. The zero-order valence-electron chi connectivity index (χ0n) is 11.5. The first-order valence-corrected chi connectivity index (χ1v) is 6.02. The number of benzene rings is 1. The molecule has 106 valence electrons. The predicted octanol–water partition coefficient (Wildman–Crippen LogP) is 2.40. The summed E-state index contributed by atoms with van der Waals surface area (Å²) in [4.78, 5) is 13.5. The lowest BCUT2D eigenvalue weighted by Crippen LogP contribution is -2.26. The number of carbonyl (C=O) groups is 1. The van der Waals surface area contributed by atoms with Crippen molar-refractivity contribution in [1.82, 2.24) is 10.1 Å². The van der Waals surface area contributed by atoms with Crippen LogP contribution in [0.2, 0.25) is 0 Å². The van der Waals surface area contributed by atoms with E-state index in [1.54, 1.807) is 26.1 Å². The summed E-state index contributed by atoms with van der Waals surface area (Å²) in [5.41, 5.74) is 0.901. The molecule has 0 N–H and O–H groups in total. The Morgan fingerprint density at radius 2 is 2.20 bits per heavy atom. The minimum Gasteiger partial charge on any atom is -0.494 e. The molecule has 0 aliphatic rings. The van der Waals surface area contributed by atoms with Crippen molar-refractivity contribution < 1.29 is 18.4 Å². The topological polar surface area (TPSA) is 55.6 Å². The van der Waals surface area contributed by atoms with Crippen molar-refractivity contribution >= 4 is 5.91 Å². The fourth-order valence-electron chi connectivity index (χ4n) is 1.82. The SMILES string of the molecule is COc1ccc(CN(C)C(=O)c2cc(C)on2)cc1F. The van der Waals surface area contributed by atoms with E-state index in [1.165, 1.54) is 24.1 Å². The highest BCUT2D eigenvalue weighted by molar-refractivity contribution is 5.92. The van der Waals surface area contributed by atoms with Crippen LogP contribution in [0, 0.1) is 12.7 Å². The van der Waals surface area contributed by atoms with Crippen LogP contribution in [0.15, 0.2) is 28.8 Å². The van der Waals surface area contributed by atoms with Gasteiger partial charge in [-0.2, -0.15) is 0 Å². The predicted molar refractivity (Wildman–Crippen MR) is 70.0 cm³/mol. The first-order valence-electron chi connectivity index (χ1n) is 6.02. The van der Waals surface area contributed by atoms with Crippen molar-refractivity contribution in [3.05, 3.63) is 47.1 Å². The second-order valence-electron chi connectivity index (χ2n) is 4.45. The van der Waals surface area contributed by atoms with E-state index in [-0.39, 0.29) is 23.9 Å². The molecule has 0 aliphatic heterocycles. The van der Waals surface area contributed by atoms with Crippen LogP contribution in [0.5, 0.6) is 5.75 Å². The van der Waals surface area contributed by atoms with Crippen LogP contribution < -0.4 is 4.74 Å². The summed E-state index contributed by atoms with van der Waals surface area (Å²) in [7, 11) is 3.02. The van der Waals surface area contributed by atoms with Gasteiger partial charge < -0.3 is 14.2 Å². The minimum absolute atomic E-state index is 0.176. The summed E-state index contributed by atoms with van der Waals surface area (Å²) in [6.07, 6.45) is 0. The molecule has 0 fully saturated rings. The quantitative estimate of drug-likeness (QED) is 0.861. The molecule has 1 heterocycles. The van der Waals surface area contributed by atoms with Gasteiger partial charge >= 0.3 is 0 Å². The van der Waals surface area contributed by atoms with Crippen molar-refractivity contribution in [2.45, 2.75) is 13.5 Å². The molecule has 0 saturated carbocycles. The molecule has 0 unspecified atom stereocenters. The first kappa shape index (κ1) is 14.0. The third-order valence-electron chi connectivity index (χ3n) is 2.83. The number of amides is 1. The van der Waals surface area contributed by atoms with Crippen LogP contribution in [0.1, 0.15) is 21.8 Å². The smallest absolute Gasteiger partial charge is 0.276 e. The van der Waals surface area contributed by atoms with E-state index < -0.39 is 5.82 Å². The van der Waals surface area contributed by atoms with E-state index in [4.69, 9.17) is 9.26 Å². The first-order chi connectivity index (χ1) is 9.51. The summed E-state index contributed by atoms with van der Waals surface area (Å²) in [5.74, 6) is 0.00769. The molecule has 0 bridgehead atoms. The van der Waals surface area contributed by atoms with Crippen molar-refractivity contribution in [3.8, 4) is 5.75 Å². The van der Waals surface area contributed by atoms with Gasteiger partial charge in [0.1, 0.15) is 5.76 Å². The van der Waals surface area contributed by atoms with Gasteiger partial charge in [-0.3, -0.25) is 4.79 Å². The van der Waals surface area contributed by atoms with E-state index >= 15 is 0 Å². The van der Waals surface area contributed by atoms with E-state index in [2.05, 4.69) is 5.16 Å². The zero-order valence-corrected chi connectivity index (χ0v) is 11.5.